The van der Waals surface area contributed by atoms with Crippen molar-refractivity contribution in [2.24, 2.45) is 0 Å². The van der Waals surface area contributed by atoms with E-state index in [1.165, 1.54) is 24.5 Å². The molecule has 1 nitrogen and oxygen atoms in total. The fourth-order valence-electron chi connectivity index (χ4n) is 2.07. The number of hydrogen-bond donors (Lipinski definition) is 1. The summed E-state index contributed by atoms with van der Waals surface area (Å²) in [7, 11) is 0. The van der Waals surface area contributed by atoms with Gasteiger partial charge in [0, 0.05) is 22.6 Å². The van der Waals surface area contributed by atoms with Crippen molar-refractivity contribution >= 4 is 15.9 Å². The molecule has 0 spiro atoms. The average Bonchev–Trinajstić information content (AvgIpc) is 3.24. The van der Waals surface area contributed by atoms with Crippen LogP contribution in [0.4, 0.5) is 4.39 Å². The molecule has 19 heavy (non-hydrogen) atoms. The minimum atomic E-state index is -0.188. The number of rotatable bonds is 4. The Kier molecular flexibility index (Phi) is 3.67. The molecule has 0 amide bonds. The van der Waals surface area contributed by atoms with Gasteiger partial charge in [-0.2, -0.15) is 0 Å². The van der Waals surface area contributed by atoms with Crippen molar-refractivity contribution < 1.29 is 4.39 Å². The van der Waals surface area contributed by atoms with Gasteiger partial charge in [0.2, 0.25) is 0 Å². The molecule has 0 aromatic heterocycles. The lowest BCUT2D eigenvalue weighted by Gasteiger charge is -2.07. The molecule has 3 rings (SSSR count). The van der Waals surface area contributed by atoms with Gasteiger partial charge in [0.15, 0.2) is 0 Å². The maximum absolute atomic E-state index is 13.8. The van der Waals surface area contributed by atoms with Crippen molar-refractivity contribution in [1.29, 1.82) is 0 Å². The van der Waals surface area contributed by atoms with E-state index in [2.05, 4.69) is 33.4 Å². The summed E-state index contributed by atoms with van der Waals surface area (Å²) in [6, 6.07) is 13.8. The summed E-state index contributed by atoms with van der Waals surface area (Å²) < 4.78 is 14.7. The highest BCUT2D eigenvalue weighted by Crippen LogP contribution is 2.26. The zero-order chi connectivity index (χ0) is 13.2. The molecule has 3 heteroatoms. The minimum Gasteiger partial charge on any atom is -0.310 e. The molecule has 2 aromatic rings. The second kappa shape index (κ2) is 5.43. The van der Waals surface area contributed by atoms with Gasteiger partial charge in [0.1, 0.15) is 5.82 Å². The van der Waals surface area contributed by atoms with Gasteiger partial charge in [-0.3, -0.25) is 0 Å². The van der Waals surface area contributed by atoms with Crippen molar-refractivity contribution in [3.8, 4) is 11.1 Å². The highest BCUT2D eigenvalue weighted by atomic mass is 79.9. The molecule has 1 aliphatic carbocycles. The highest BCUT2D eigenvalue weighted by Gasteiger charge is 2.19. The van der Waals surface area contributed by atoms with E-state index in [0.29, 0.717) is 11.6 Å². The van der Waals surface area contributed by atoms with Crippen LogP contribution in [0, 0.1) is 5.82 Å². The quantitative estimate of drug-likeness (QED) is 0.874. The van der Waals surface area contributed by atoms with Crippen molar-refractivity contribution in [3.05, 3.63) is 58.3 Å². The van der Waals surface area contributed by atoms with Crippen LogP contribution in [0.2, 0.25) is 0 Å². The first-order chi connectivity index (χ1) is 9.22. The Balaban J connectivity index is 1.78. The topological polar surface area (TPSA) is 12.0 Å². The standard InChI is InChI=1S/C16H15BrFN/c17-13-5-8-16(18)15(9-13)12-3-1-11(2-4-12)10-19-14-6-7-14/h1-5,8-9,14,19H,6-7,10H2. The van der Waals surface area contributed by atoms with Gasteiger partial charge in [0.05, 0.1) is 0 Å². The molecular weight excluding hydrogens is 305 g/mol. The predicted octanol–water partition coefficient (Wildman–Crippen LogP) is 4.51. The van der Waals surface area contributed by atoms with E-state index in [4.69, 9.17) is 0 Å². The number of hydrogen-bond acceptors (Lipinski definition) is 1. The fraction of sp³-hybridized carbons (Fsp3) is 0.250. The van der Waals surface area contributed by atoms with Crippen LogP contribution < -0.4 is 5.32 Å². The molecule has 0 heterocycles. The van der Waals surface area contributed by atoms with Crippen LogP contribution >= 0.6 is 15.9 Å². The molecule has 0 atom stereocenters. The smallest absolute Gasteiger partial charge is 0.131 e. The summed E-state index contributed by atoms with van der Waals surface area (Å²) in [6.45, 7) is 0.895. The monoisotopic (exact) mass is 319 g/mol. The first kappa shape index (κ1) is 12.8. The third-order valence-electron chi connectivity index (χ3n) is 3.37. The lowest BCUT2D eigenvalue weighted by Crippen LogP contribution is -2.15. The van der Waals surface area contributed by atoms with Crippen LogP contribution in [-0.2, 0) is 6.54 Å². The molecule has 0 radical (unpaired) electrons. The number of benzene rings is 2. The largest absolute Gasteiger partial charge is 0.310 e. The Bertz CT molecular complexity index is 576. The van der Waals surface area contributed by atoms with Crippen molar-refractivity contribution in [1.82, 2.24) is 5.32 Å². The molecule has 1 fully saturated rings. The first-order valence-corrected chi connectivity index (χ1v) is 7.29. The zero-order valence-electron chi connectivity index (χ0n) is 10.5. The van der Waals surface area contributed by atoms with Crippen molar-refractivity contribution in [2.45, 2.75) is 25.4 Å². The van der Waals surface area contributed by atoms with E-state index in [1.807, 2.05) is 18.2 Å². The molecule has 1 N–H and O–H groups in total. The highest BCUT2D eigenvalue weighted by molar-refractivity contribution is 9.10. The Morgan fingerprint density at radius 1 is 1.11 bits per heavy atom. The van der Waals surface area contributed by atoms with Gasteiger partial charge in [0.25, 0.3) is 0 Å². The zero-order valence-corrected chi connectivity index (χ0v) is 12.1. The van der Waals surface area contributed by atoms with Crippen LogP contribution in [0.1, 0.15) is 18.4 Å². The van der Waals surface area contributed by atoms with E-state index < -0.39 is 0 Å². The maximum atomic E-state index is 13.8. The molecular formula is C16H15BrFN. The normalized spacial score (nSPS) is 14.6. The predicted molar refractivity (Wildman–Crippen MR) is 79.4 cm³/mol. The fourth-order valence-corrected chi connectivity index (χ4v) is 2.43. The van der Waals surface area contributed by atoms with Crippen LogP contribution in [0.5, 0.6) is 0 Å². The summed E-state index contributed by atoms with van der Waals surface area (Å²) in [4.78, 5) is 0. The van der Waals surface area contributed by atoms with Gasteiger partial charge in [-0.15, -0.1) is 0 Å². The molecule has 98 valence electrons. The van der Waals surface area contributed by atoms with Crippen molar-refractivity contribution in [2.75, 3.05) is 0 Å². The molecule has 0 saturated heterocycles. The van der Waals surface area contributed by atoms with Gasteiger partial charge in [-0.25, -0.2) is 4.39 Å². The van der Waals surface area contributed by atoms with Crippen LogP contribution in [0.25, 0.3) is 11.1 Å². The molecule has 0 unspecified atom stereocenters. The van der Waals surface area contributed by atoms with Crippen LogP contribution in [0.15, 0.2) is 46.9 Å². The average molecular weight is 320 g/mol. The summed E-state index contributed by atoms with van der Waals surface area (Å²) >= 11 is 3.38. The first-order valence-electron chi connectivity index (χ1n) is 6.50. The van der Waals surface area contributed by atoms with E-state index in [-0.39, 0.29) is 5.82 Å². The van der Waals surface area contributed by atoms with Crippen LogP contribution in [-0.4, -0.2) is 6.04 Å². The SMILES string of the molecule is Fc1ccc(Br)cc1-c1ccc(CNC2CC2)cc1. The second-order valence-corrected chi connectivity index (χ2v) is 5.89. The molecule has 1 saturated carbocycles. The third kappa shape index (κ3) is 3.23. The number of nitrogens with one attached hydrogen (secondary N) is 1. The second-order valence-electron chi connectivity index (χ2n) is 4.98. The van der Waals surface area contributed by atoms with E-state index in [0.717, 1.165) is 16.6 Å². The van der Waals surface area contributed by atoms with Gasteiger partial charge in [-0.05, 0) is 42.2 Å². The maximum Gasteiger partial charge on any atom is 0.131 e. The summed E-state index contributed by atoms with van der Waals surface area (Å²) in [5.41, 5.74) is 2.79. The lowest BCUT2D eigenvalue weighted by atomic mass is 10.0. The van der Waals surface area contributed by atoms with E-state index in [1.54, 1.807) is 6.07 Å². The summed E-state index contributed by atoms with van der Waals surface area (Å²) in [6.07, 6.45) is 2.59. The van der Waals surface area contributed by atoms with E-state index >= 15 is 0 Å². The Hall–Kier alpha value is -1.19. The molecule has 2 aromatic carbocycles. The lowest BCUT2D eigenvalue weighted by molar-refractivity contribution is 0.631. The molecule has 0 bridgehead atoms. The minimum absolute atomic E-state index is 0.188. The van der Waals surface area contributed by atoms with Crippen molar-refractivity contribution in [3.63, 3.8) is 0 Å². The molecule has 0 aliphatic heterocycles. The third-order valence-corrected chi connectivity index (χ3v) is 3.86. The Morgan fingerprint density at radius 2 is 1.84 bits per heavy atom. The van der Waals surface area contributed by atoms with Gasteiger partial charge >= 0.3 is 0 Å². The molecule has 1 aliphatic rings. The summed E-state index contributed by atoms with van der Waals surface area (Å²) in [5, 5.41) is 3.47. The number of halogens is 2. The summed E-state index contributed by atoms with van der Waals surface area (Å²) in [5.74, 6) is -0.188. The van der Waals surface area contributed by atoms with Gasteiger partial charge in [-0.1, -0.05) is 40.2 Å². The van der Waals surface area contributed by atoms with E-state index in [9.17, 15) is 4.39 Å². The van der Waals surface area contributed by atoms with Gasteiger partial charge < -0.3 is 5.32 Å². The van der Waals surface area contributed by atoms with Crippen LogP contribution in [0.3, 0.4) is 0 Å². The Morgan fingerprint density at radius 3 is 2.53 bits per heavy atom. The Labute approximate surface area is 121 Å².